The summed E-state index contributed by atoms with van der Waals surface area (Å²) >= 11 is 0. The molecule has 0 fully saturated rings. The quantitative estimate of drug-likeness (QED) is 0.269. The molecule has 9 heteroatoms. The van der Waals surface area contributed by atoms with Crippen molar-refractivity contribution in [3.8, 4) is 11.8 Å². The molecule has 0 aliphatic heterocycles. The van der Waals surface area contributed by atoms with Crippen molar-refractivity contribution in [3.05, 3.63) is 64.2 Å². The van der Waals surface area contributed by atoms with Crippen molar-refractivity contribution in [1.29, 1.82) is 0 Å². The largest absolute Gasteiger partial charge is 0.465 e. The van der Waals surface area contributed by atoms with E-state index in [9.17, 15) is 9.59 Å². The fraction of sp³-hybridized carbons (Fsp3) is 0.280. The molecule has 0 saturated heterocycles. The highest BCUT2D eigenvalue weighted by molar-refractivity contribution is 6.45. The van der Waals surface area contributed by atoms with Gasteiger partial charge in [0.2, 0.25) is 0 Å². The number of nitrogens with one attached hydrogen (secondary N) is 2. The molecule has 178 valence electrons. The van der Waals surface area contributed by atoms with Gasteiger partial charge in [-0.05, 0) is 43.5 Å². The van der Waals surface area contributed by atoms with E-state index >= 15 is 0 Å². The number of oxime groups is 2. The average Bonchev–Trinajstić information content (AvgIpc) is 2.85. The predicted octanol–water partition coefficient (Wildman–Crippen LogP) is 2.86. The van der Waals surface area contributed by atoms with Crippen molar-refractivity contribution >= 4 is 29.0 Å². The number of hydrogen-bond acceptors (Lipinski definition) is 8. The van der Waals surface area contributed by atoms with Crippen LogP contribution in [0.2, 0.25) is 0 Å². The molecule has 0 aliphatic carbocycles. The van der Waals surface area contributed by atoms with Crippen LogP contribution >= 0.6 is 0 Å². The number of likely N-dealkylation sites (N-methyl/N-ethyl adjacent to an activating group) is 1. The number of hydrogen-bond donors (Lipinski definition) is 2. The topological polar surface area (TPSA) is 111 Å². The van der Waals surface area contributed by atoms with E-state index in [2.05, 4.69) is 32.8 Å². The summed E-state index contributed by atoms with van der Waals surface area (Å²) < 4.78 is 4.82. The van der Waals surface area contributed by atoms with Gasteiger partial charge in [-0.1, -0.05) is 34.4 Å². The first kappa shape index (κ1) is 25.9. The van der Waals surface area contributed by atoms with Crippen LogP contribution in [0, 0.1) is 18.8 Å². The first-order valence-electron chi connectivity index (χ1n) is 10.4. The number of rotatable bonds is 8. The molecule has 2 aromatic rings. The molecule has 0 unspecified atom stereocenters. The highest BCUT2D eigenvalue weighted by Gasteiger charge is 2.19. The lowest BCUT2D eigenvalue weighted by molar-refractivity contribution is -0.114. The first-order chi connectivity index (χ1) is 16.4. The summed E-state index contributed by atoms with van der Waals surface area (Å²) in [6, 6.07) is 10.7. The monoisotopic (exact) mass is 464 g/mol. The second kappa shape index (κ2) is 12.6. The summed E-state index contributed by atoms with van der Waals surface area (Å²) in [5.74, 6) is 5.03. The van der Waals surface area contributed by atoms with E-state index in [0.717, 1.165) is 11.1 Å². The number of benzene rings is 2. The zero-order valence-electron chi connectivity index (χ0n) is 20.1. The summed E-state index contributed by atoms with van der Waals surface area (Å²) in [5.41, 5.74) is 4.47. The summed E-state index contributed by atoms with van der Waals surface area (Å²) in [7, 11) is 5.95. The SMILES string of the molecule is CNC(=O)/C(=N/OC)c1cccc(C)c1CO/N=C(\C)C#Cc1ccc(NC)c(C(=O)OC)c1. The van der Waals surface area contributed by atoms with Crippen LogP contribution in [0.1, 0.15) is 39.5 Å². The Kier molecular flexibility index (Phi) is 9.65. The van der Waals surface area contributed by atoms with Crippen LogP contribution in [0.3, 0.4) is 0 Å². The zero-order chi connectivity index (χ0) is 25.1. The van der Waals surface area contributed by atoms with Crippen LogP contribution in [0.5, 0.6) is 0 Å². The van der Waals surface area contributed by atoms with Crippen LogP contribution in [0.4, 0.5) is 5.69 Å². The van der Waals surface area contributed by atoms with Gasteiger partial charge in [0.15, 0.2) is 5.71 Å². The molecule has 0 aliphatic rings. The molecule has 1 amide bonds. The normalized spacial score (nSPS) is 11.1. The summed E-state index contributed by atoms with van der Waals surface area (Å²) in [4.78, 5) is 34.6. The Hall–Kier alpha value is -4.32. The molecule has 2 N–H and O–H groups in total. The smallest absolute Gasteiger partial charge is 0.340 e. The minimum absolute atomic E-state index is 0.101. The molecule has 0 aromatic heterocycles. The van der Waals surface area contributed by atoms with Gasteiger partial charge in [-0.3, -0.25) is 4.79 Å². The van der Waals surface area contributed by atoms with Gasteiger partial charge in [0.25, 0.3) is 5.91 Å². The second-order valence-corrected chi connectivity index (χ2v) is 7.00. The van der Waals surface area contributed by atoms with Crippen molar-refractivity contribution < 1.29 is 24.0 Å². The maximum atomic E-state index is 12.3. The molecule has 2 aromatic carbocycles. The van der Waals surface area contributed by atoms with E-state index in [1.54, 1.807) is 38.2 Å². The van der Waals surface area contributed by atoms with Crippen LogP contribution in [-0.4, -0.2) is 51.6 Å². The van der Waals surface area contributed by atoms with Gasteiger partial charge in [0, 0.05) is 36.5 Å². The number of aryl methyl sites for hydroxylation is 1. The molecule has 0 atom stereocenters. The maximum absolute atomic E-state index is 12.3. The van der Waals surface area contributed by atoms with E-state index in [0.29, 0.717) is 28.1 Å². The Labute approximate surface area is 199 Å². The Morgan fingerprint density at radius 3 is 2.47 bits per heavy atom. The number of carbonyl (C=O) groups excluding carboxylic acids is 2. The number of methoxy groups -OCH3 is 1. The highest BCUT2D eigenvalue weighted by atomic mass is 16.6. The second-order valence-electron chi connectivity index (χ2n) is 7.00. The van der Waals surface area contributed by atoms with Gasteiger partial charge in [0.05, 0.1) is 12.7 Å². The molecule has 0 spiro atoms. The van der Waals surface area contributed by atoms with Crippen LogP contribution in [0.15, 0.2) is 46.7 Å². The van der Waals surface area contributed by atoms with Crippen molar-refractivity contribution in [2.75, 3.05) is 33.6 Å². The number of esters is 1. The number of nitrogens with zero attached hydrogens (tertiary/aromatic N) is 2. The van der Waals surface area contributed by atoms with E-state index in [1.807, 2.05) is 19.1 Å². The Balaban J connectivity index is 2.22. The zero-order valence-corrected chi connectivity index (χ0v) is 20.1. The van der Waals surface area contributed by atoms with Gasteiger partial charge in [-0.15, -0.1) is 0 Å². The third kappa shape index (κ3) is 6.59. The number of carbonyl (C=O) groups is 2. The molecule has 9 nitrogen and oxygen atoms in total. The van der Waals surface area contributed by atoms with E-state index in [4.69, 9.17) is 14.4 Å². The molecule has 0 saturated carbocycles. The summed E-state index contributed by atoms with van der Waals surface area (Å²) in [6.07, 6.45) is 0. The van der Waals surface area contributed by atoms with Crippen LogP contribution < -0.4 is 10.6 Å². The standard InChI is InChI=1S/C25H28N4O5/c1-16-8-7-9-19(23(29-33-6)24(30)27-4)21(16)15-34-28-17(2)10-11-18-12-13-22(26-3)20(14-18)25(31)32-5/h7-9,12-14,26H,15H2,1-6H3,(H,27,30)/b28-17+,29-23+. The van der Waals surface area contributed by atoms with Crippen molar-refractivity contribution in [2.45, 2.75) is 20.5 Å². The molecule has 34 heavy (non-hydrogen) atoms. The molecular formula is C25H28N4O5. The molecule has 0 heterocycles. The summed E-state index contributed by atoms with van der Waals surface area (Å²) in [6.45, 7) is 3.71. The van der Waals surface area contributed by atoms with Crippen molar-refractivity contribution in [2.24, 2.45) is 10.3 Å². The Morgan fingerprint density at radius 1 is 1.06 bits per heavy atom. The number of anilines is 1. The van der Waals surface area contributed by atoms with Crippen LogP contribution in [-0.2, 0) is 25.8 Å². The third-order valence-corrected chi connectivity index (χ3v) is 4.78. The van der Waals surface area contributed by atoms with E-state index in [1.165, 1.54) is 21.3 Å². The Morgan fingerprint density at radius 2 is 1.82 bits per heavy atom. The average molecular weight is 465 g/mol. The van der Waals surface area contributed by atoms with Gasteiger partial charge in [0.1, 0.15) is 19.4 Å². The lowest BCUT2D eigenvalue weighted by Crippen LogP contribution is -2.29. The summed E-state index contributed by atoms with van der Waals surface area (Å²) in [5, 5.41) is 13.4. The molecule has 0 radical (unpaired) electrons. The van der Waals surface area contributed by atoms with Crippen molar-refractivity contribution in [3.63, 3.8) is 0 Å². The van der Waals surface area contributed by atoms with Gasteiger partial charge in [-0.25, -0.2) is 4.79 Å². The minimum atomic E-state index is -0.455. The fourth-order valence-electron chi connectivity index (χ4n) is 3.04. The lowest BCUT2D eigenvalue weighted by Gasteiger charge is -2.12. The highest BCUT2D eigenvalue weighted by Crippen LogP contribution is 2.19. The van der Waals surface area contributed by atoms with E-state index < -0.39 is 5.97 Å². The van der Waals surface area contributed by atoms with Gasteiger partial charge in [-0.2, -0.15) is 0 Å². The van der Waals surface area contributed by atoms with Gasteiger partial charge >= 0.3 is 5.97 Å². The fourth-order valence-corrected chi connectivity index (χ4v) is 3.04. The first-order valence-corrected chi connectivity index (χ1v) is 10.4. The van der Waals surface area contributed by atoms with Crippen molar-refractivity contribution in [1.82, 2.24) is 5.32 Å². The molecular weight excluding hydrogens is 436 g/mol. The minimum Gasteiger partial charge on any atom is -0.465 e. The molecule has 2 rings (SSSR count). The van der Waals surface area contributed by atoms with Crippen LogP contribution in [0.25, 0.3) is 0 Å². The maximum Gasteiger partial charge on any atom is 0.340 e. The molecule has 0 bridgehead atoms. The predicted molar refractivity (Wildman–Crippen MR) is 131 cm³/mol. The van der Waals surface area contributed by atoms with Gasteiger partial charge < -0.3 is 25.0 Å². The van der Waals surface area contributed by atoms with E-state index in [-0.39, 0.29) is 18.2 Å². The number of ether oxygens (including phenoxy) is 1. The third-order valence-electron chi connectivity index (χ3n) is 4.78. The lowest BCUT2D eigenvalue weighted by atomic mass is 9.98. The Bertz CT molecular complexity index is 1180. The number of amides is 1.